The number of amides is 1. The van der Waals surface area contributed by atoms with E-state index in [1.54, 1.807) is 13.3 Å². The Bertz CT molecular complexity index is 571. The van der Waals surface area contributed by atoms with Crippen LogP contribution in [0.5, 0.6) is 0 Å². The van der Waals surface area contributed by atoms with Gasteiger partial charge in [-0.1, -0.05) is 6.07 Å². The number of hydrogen-bond donors (Lipinski definition) is 2. The summed E-state index contributed by atoms with van der Waals surface area (Å²) in [5.74, 6) is -0.210. The molecule has 20 heavy (non-hydrogen) atoms. The van der Waals surface area contributed by atoms with Gasteiger partial charge >= 0.3 is 0 Å². The fourth-order valence-corrected chi connectivity index (χ4v) is 2.37. The summed E-state index contributed by atoms with van der Waals surface area (Å²) in [5, 5.41) is 2.79. The summed E-state index contributed by atoms with van der Waals surface area (Å²) >= 11 is 1.08. The fraction of sp³-hybridized carbons (Fsp3) is 0.308. The highest BCUT2D eigenvalue weighted by atomic mass is 32.1. The Labute approximate surface area is 121 Å². The molecular formula is C13H16N4O2S. The number of rotatable bonds is 6. The van der Waals surface area contributed by atoms with E-state index in [9.17, 15) is 4.79 Å². The number of ether oxygens (including phenoxy) is 1. The molecule has 1 amide bonds. The highest BCUT2D eigenvalue weighted by Gasteiger charge is 2.18. The maximum Gasteiger partial charge on any atom is 0.265 e. The number of nitrogens with two attached hydrogens (primary N) is 1. The van der Waals surface area contributed by atoms with Crippen LogP contribution in [0.15, 0.2) is 24.4 Å². The molecule has 0 saturated carbocycles. The lowest BCUT2D eigenvalue weighted by Crippen LogP contribution is -2.25. The summed E-state index contributed by atoms with van der Waals surface area (Å²) in [4.78, 5) is 16.6. The molecule has 7 heteroatoms. The number of carbonyl (C=O) groups is 1. The van der Waals surface area contributed by atoms with Crippen LogP contribution in [0.4, 0.5) is 5.69 Å². The van der Waals surface area contributed by atoms with Gasteiger partial charge in [-0.3, -0.25) is 9.78 Å². The lowest BCUT2D eigenvalue weighted by Gasteiger charge is -2.03. The van der Waals surface area contributed by atoms with Crippen LogP contribution in [0.2, 0.25) is 0 Å². The molecule has 2 aromatic rings. The minimum absolute atomic E-state index is 0.210. The third-order valence-electron chi connectivity index (χ3n) is 2.65. The SMILES string of the molecule is COCCCNC(=O)c1snc(-c2ccccn2)c1N. The monoisotopic (exact) mass is 292 g/mol. The average Bonchev–Trinajstić information content (AvgIpc) is 2.86. The van der Waals surface area contributed by atoms with E-state index in [2.05, 4.69) is 14.7 Å². The number of carbonyl (C=O) groups excluding carboxylic acids is 1. The average molecular weight is 292 g/mol. The zero-order valence-corrected chi connectivity index (χ0v) is 11.9. The zero-order valence-electron chi connectivity index (χ0n) is 11.1. The molecule has 0 aliphatic heterocycles. The van der Waals surface area contributed by atoms with Crippen LogP contribution in [-0.2, 0) is 4.74 Å². The van der Waals surface area contributed by atoms with Crippen LogP contribution in [0.3, 0.4) is 0 Å². The second-order valence-electron chi connectivity index (χ2n) is 4.09. The van der Waals surface area contributed by atoms with Gasteiger partial charge in [0, 0.05) is 26.5 Å². The Balaban J connectivity index is 2.07. The van der Waals surface area contributed by atoms with Crippen LogP contribution >= 0.6 is 11.5 Å². The molecule has 0 aliphatic rings. The van der Waals surface area contributed by atoms with Crippen LogP contribution in [0, 0.1) is 0 Å². The van der Waals surface area contributed by atoms with Gasteiger partial charge in [0.05, 0.1) is 11.4 Å². The third-order valence-corrected chi connectivity index (χ3v) is 3.51. The minimum atomic E-state index is -0.210. The first-order valence-corrected chi connectivity index (χ1v) is 6.95. The van der Waals surface area contributed by atoms with E-state index < -0.39 is 0 Å². The predicted molar refractivity (Wildman–Crippen MR) is 78.6 cm³/mol. The predicted octanol–water partition coefficient (Wildman–Crippen LogP) is 1.55. The van der Waals surface area contributed by atoms with Gasteiger partial charge in [0.25, 0.3) is 5.91 Å². The normalized spacial score (nSPS) is 10.4. The van der Waals surface area contributed by atoms with Crippen molar-refractivity contribution in [2.75, 3.05) is 26.0 Å². The molecule has 3 N–H and O–H groups in total. The first kappa shape index (κ1) is 14.4. The molecule has 2 heterocycles. The summed E-state index contributed by atoms with van der Waals surface area (Å²) in [6.07, 6.45) is 2.42. The van der Waals surface area contributed by atoms with Gasteiger partial charge in [-0.15, -0.1) is 0 Å². The number of methoxy groups -OCH3 is 1. The second-order valence-corrected chi connectivity index (χ2v) is 4.86. The number of nitrogen functional groups attached to an aromatic ring is 1. The Morgan fingerprint density at radius 3 is 3.05 bits per heavy atom. The lowest BCUT2D eigenvalue weighted by molar-refractivity contribution is 0.0953. The lowest BCUT2D eigenvalue weighted by atomic mass is 10.2. The first-order valence-electron chi connectivity index (χ1n) is 6.17. The maximum absolute atomic E-state index is 12.0. The van der Waals surface area contributed by atoms with Crippen molar-refractivity contribution in [3.8, 4) is 11.4 Å². The van der Waals surface area contributed by atoms with Crippen LogP contribution in [-0.4, -0.2) is 35.5 Å². The highest BCUT2D eigenvalue weighted by molar-refractivity contribution is 7.09. The maximum atomic E-state index is 12.0. The molecular weight excluding hydrogens is 276 g/mol. The van der Waals surface area contributed by atoms with Gasteiger partial charge in [-0.2, -0.15) is 4.37 Å². The Morgan fingerprint density at radius 2 is 2.35 bits per heavy atom. The quantitative estimate of drug-likeness (QED) is 0.788. The molecule has 0 atom stereocenters. The summed E-state index contributed by atoms with van der Waals surface area (Å²) in [6.45, 7) is 1.15. The van der Waals surface area contributed by atoms with E-state index in [1.165, 1.54) is 0 Å². The fourth-order valence-electron chi connectivity index (χ4n) is 1.65. The van der Waals surface area contributed by atoms with Crippen molar-refractivity contribution in [1.29, 1.82) is 0 Å². The standard InChI is InChI=1S/C13H16N4O2S/c1-19-8-4-7-16-13(18)12-10(14)11(17-20-12)9-5-2-3-6-15-9/h2-3,5-6H,4,7-8,14H2,1H3,(H,16,18). The van der Waals surface area contributed by atoms with Crippen molar-refractivity contribution in [1.82, 2.24) is 14.7 Å². The van der Waals surface area contributed by atoms with Gasteiger partial charge in [0.1, 0.15) is 10.6 Å². The van der Waals surface area contributed by atoms with E-state index in [-0.39, 0.29) is 5.91 Å². The molecule has 6 nitrogen and oxygen atoms in total. The second kappa shape index (κ2) is 6.97. The third kappa shape index (κ3) is 3.31. The summed E-state index contributed by atoms with van der Waals surface area (Å²) in [6, 6.07) is 5.48. The van der Waals surface area contributed by atoms with Gasteiger partial charge in [-0.05, 0) is 30.1 Å². The van der Waals surface area contributed by atoms with Gasteiger partial charge in [0.15, 0.2) is 0 Å². The molecule has 2 rings (SSSR count). The van der Waals surface area contributed by atoms with E-state index in [0.717, 1.165) is 18.0 Å². The van der Waals surface area contributed by atoms with Crippen molar-refractivity contribution < 1.29 is 9.53 Å². The molecule has 0 aromatic carbocycles. The largest absolute Gasteiger partial charge is 0.396 e. The summed E-state index contributed by atoms with van der Waals surface area (Å²) in [7, 11) is 1.63. The first-order chi connectivity index (χ1) is 9.74. The highest BCUT2D eigenvalue weighted by Crippen LogP contribution is 2.29. The number of pyridine rings is 1. The van der Waals surface area contributed by atoms with Gasteiger partial charge in [-0.25, -0.2) is 0 Å². The van der Waals surface area contributed by atoms with E-state index in [0.29, 0.717) is 35.1 Å². The molecule has 0 bridgehead atoms. The molecule has 0 spiro atoms. The number of nitrogens with zero attached hydrogens (tertiary/aromatic N) is 2. The molecule has 106 valence electrons. The van der Waals surface area contributed by atoms with Gasteiger partial charge < -0.3 is 15.8 Å². The van der Waals surface area contributed by atoms with Crippen LogP contribution in [0.25, 0.3) is 11.4 Å². The number of anilines is 1. The summed E-state index contributed by atoms with van der Waals surface area (Å²) < 4.78 is 9.14. The number of nitrogens with one attached hydrogen (secondary N) is 1. The summed E-state index contributed by atoms with van der Waals surface area (Å²) in [5.41, 5.74) is 7.58. The zero-order chi connectivity index (χ0) is 14.4. The molecule has 0 radical (unpaired) electrons. The van der Waals surface area contributed by atoms with E-state index in [1.807, 2.05) is 18.2 Å². The van der Waals surface area contributed by atoms with Crippen molar-refractivity contribution in [2.45, 2.75) is 6.42 Å². The Morgan fingerprint density at radius 1 is 1.50 bits per heavy atom. The van der Waals surface area contributed by atoms with Crippen molar-refractivity contribution in [2.24, 2.45) is 0 Å². The van der Waals surface area contributed by atoms with Crippen LogP contribution in [0.1, 0.15) is 16.1 Å². The van der Waals surface area contributed by atoms with Crippen molar-refractivity contribution in [3.05, 3.63) is 29.3 Å². The molecule has 0 saturated heterocycles. The molecule has 2 aromatic heterocycles. The molecule has 0 aliphatic carbocycles. The topological polar surface area (TPSA) is 90.1 Å². The molecule has 0 unspecified atom stereocenters. The molecule has 0 fully saturated rings. The minimum Gasteiger partial charge on any atom is -0.396 e. The van der Waals surface area contributed by atoms with Crippen molar-refractivity contribution in [3.63, 3.8) is 0 Å². The van der Waals surface area contributed by atoms with E-state index in [4.69, 9.17) is 10.5 Å². The number of aromatic nitrogens is 2. The van der Waals surface area contributed by atoms with Crippen LogP contribution < -0.4 is 11.1 Å². The van der Waals surface area contributed by atoms with E-state index >= 15 is 0 Å². The number of hydrogen-bond acceptors (Lipinski definition) is 6. The van der Waals surface area contributed by atoms with Gasteiger partial charge in [0.2, 0.25) is 0 Å². The Kier molecular flexibility index (Phi) is 5.03. The Hall–Kier alpha value is -1.99. The van der Waals surface area contributed by atoms with Crippen molar-refractivity contribution >= 4 is 23.1 Å². The smallest absolute Gasteiger partial charge is 0.265 e.